The number of aromatic amines is 1. The fraction of sp³-hybridized carbons (Fsp3) is 0.316. The van der Waals surface area contributed by atoms with Gasteiger partial charge in [0, 0.05) is 25.2 Å². The van der Waals surface area contributed by atoms with Crippen LogP contribution in [0.2, 0.25) is 0 Å². The van der Waals surface area contributed by atoms with E-state index in [1.807, 2.05) is 6.92 Å². The quantitative estimate of drug-likeness (QED) is 0.873. The van der Waals surface area contributed by atoms with E-state index in [1.165, 1.54) is 12.1 Å². The summed E-state index contributed by atoms with van der Waals surface area (Å²) in [4.78, 5) is 40.8. The maximum Gasteiger partial charge on any atom is 0.261 e. The monoisotopic (exact) mass is 357 g/mol. The Morgan fingerprint density at radius 3 is 2.81 bits per heavy atom. The smallest absolute Gasteiger partial charge is 0.261 e. The van der Waals surface area contributed by atoms with Gasteiger partial charge in [0.1, 0.15) is 11.4 Å². The van der Waals surface area contributed by atoms with Crippen LogP contribution in [-0.4, -0.2) is 34.3 Å². The van der Waals surface area contributed by atoms with E-state index in [2.05, 4.69) is 10.3 Å². The highest BCUT2D eigenvalue weighted by Crippen LogP contribution is 2.16. The molecular formula is C19H20FN3O3. The molecule has 1 aliphatic heterocycles. The second-order valence-electron chi connectivity index (χ2n) is 6.60. The number of rotatable bonds is 4. The summed E-state index contributed by atoms with van der Waals surface area (Å²) in [6.45, 7) is 4.18. The topological polar surface area (TPSA) is 82.3 Å². The number of amides is 2. The number of nitrogens with zero attached hydrogens (tertiary/aromatic N) is 1. The van der Waals surface area contributed by atoms with Gasteiger partial charge in [-0.15, -0.1) is 0 Å². The van der Waals surface area contributed by atoms with Crippen LogP contribution < -0.4 is 10.9 Å². The minimum atomic E-state index is -0.500. The Morgan fingerprint density at radius 1 is 1.31 bits per heavy atom. The first-order valence-electron chi connectivity index (χ1n) is 8.37. The van der Waals surface area contributed by atoms with Crippen molar-refractivity contribution in [3.63, 3.8) is 0 Å². The van der Waals surface area contributed by atoms with Crippen LogP contribution in [0.3, 0.4) is 0 Å². The number of carbonyl (C=O) groups is 2. The van der Waals surface area contributed by atoms with Crippen LogP contribution in [0.1, 0.15) is 33.6 Å². The molecule has 7 heteroatoms. The molecule has 0 saturated carbocycles. The molecule has 2 aromatic rings. The van der Waals surface area contributed by atoms with E-state index < -0.39 is 11.5 Å². The molecule has 1 aromatic carbocycles. The van der Waals surface area contributed by atoms with Crippen molar-refractivity contribution in [2.24, 2.45) is 0 Å². The van der Waals surface area contributed by atoms with Gasteiger partial charge in [-0.3, -0.25) is 14.4 Å². The van der Waals surface area contributed by atoms with E-state index in [-0.39, 0.29) is 36.3 Å². The molecule has 1 atom stereocenters. The third-order valence-corrected chi connectivity index (χ3v) is 4.55. The predicted molar refractivity (Wildman–Crippen MR) is 94.2 cm³/mol. The average Bonchev–Trinajstić information content (AvgIpc) is 2.90. The molecule has 26 heavy (non-hydrogen) atoms. The molecule has 2 amide bonds. The Morgan fingerprint density at radius 2 is 2.08 bits per heavy atom. The van der Waals surface area contributed by atoms with Crippen molar-refractivity contribution in [3.05, 3.63) is 68.9 Å². The summed E-state index contributed by atoms with van der Waals surface area (Å²) in [5.74, 6) is -0.971. The van der Waals surface area contributed by atoms with E-state index in [9.17, 15) is 18.8 Å². The second-order valence-corrected chi connectivity index (χ2v) is 6.60. The van der Waals surface area contributed by atoms with E-state index in [1.54, 1.807) is 30.0 Å². The Balaban J connectivity index is 1.66. The van der Waals surface area contributed by atoms with Crippen molar-refractivity contribution in [1.82, 2.24) is 15.2 Å². The summed E-state index contributed by atoms with van der Waals surface area (Å²) in [6, 6.07) is 7.23. The molecule has 1 fully saturated rings. The van der Waals surface area contributed by atoms with Crippen LogP contribution >= 0.6 is 0 Å². The van der Waals surface area contributed by atoms with E-state index in [4.69, 9.17) is 0 Å². The molecule has 6 nitrogen and oxygen atoms in total. The van der Waals surface area contributed by atoms with Crippen molar-refractivity contribution in [2.75, 3.05) is 6.54 Å². The number of carbonyl (C=O) groups excluding carboxylic acids is 2. The zero-order valence-electron chi connectivity index (χ0n) is 14.6. The summed E-state index contributed by atoms with van der Waals surface area (Å²) >= 11 is 0. The zero-order valence-corrected chi connectivity index (χ0v) is 14.6. The Bertz CT molecular complexity index is 922. The summed E-state index contributed by atoms with van der Waals surface area (Å²) in [7, 11) is 0. The fourth-order valence-corrected chi connectivity index (χ4v) is 3.04. The largest absolute Gasteiger partial charge is 0.347 e. The molecule has 136 valence electrons. The van der Waals surface area contributed by atoms with Crippen LogP contribution in [0.4, 0.5) is 4.39 Å². The van der Waals surface area contributed by atoms with Crippen LogP contribution in [0.25, 0.3) is 0 Å². The molecular weight excluding hydrogens is 337 g/mol. The summed E-state index contributed by atoms with van der Waals surface area (Å²) in [5.41, 5.74) is 1.79. The highest BCUT2D eigenvalue weighted by molar-refractivity contribution is 5.95. The lowest BCUT2D eigenvalue weighted by atomic mass is 10.1. The Hall–Kier alpha value is -2.96. The molecule has 0 radical (unpaired) electrons. The molecule has 1 aliphatic rings. The van der Waals surface area contributed by atoms with Crippen molar-refractivity contribution in [2.45, 2.75) is 32.9 Å². The number of nitrogens with one attached hydrogen (secondary N) is 2. The third-order valence-electron chi connectivity index (χ3n) is 4.55. The zero-order chi connectivity index (χ0) is 18.8. The van der Waals surface area contributed by atoms with Gasteiger partial charge in [0.05, 0.1) is 6.04 Å². The number of hydrogen-bond donors (Lipinski definition) is 2. The number of likely N-dealkylation sites (tertiary alicyclic amines) is 1. The number of aryl methyl sites for hydroxylation is 2. The van der Waals surface area contributed by atoms with Gasteiger partial charge in [-0.1, -0.05) is 12.1 Å². The lowest BCUT2D eigenvalue weighted by molar-refractivity contribution is -0.128. The number of halogens is 1. The van der Waals surface area contributed by atoms with Gasteiger partial charge >= 0.3 is 0 Å². The minimum Gasteiger partial charge on any atom is -0.347 e. The van der Waals surface area contributed by atoms with Crippen LogP contribution in [0, 0.1) is 19.7 Å². The third kappa shape index (κ3) is 3.82. The SMILES string of the molecule is Cc1cc(C(=O)N[C@@H]2CC(=O)N(Cc3cccc(F)c3)C2)c(=O)[nH]c1C. The first-order valence-corrected chi connectivity index (χ1v) is 8.37. The standard InChI is InChI=1S/C19H20FN3O3/c1-11-6-16(18(25)21-12(11)2)19(26)22-15-8-17(24)23(10-15)9-13-4-3-5-14(20)7-13/h3-7,15H,8-10H2,1-2H3,(H,21,25)(H,22,26)/t15-/m1/s1. The number of benzene rings is 1. The number of aromatic nitrogens is 1. The lowest BCUT2D eigenvalue weighted by Crippen LogP contribution is -2.39. The van der Waals surface area contributed by atoms with Gasteiger partial charge < -0.3 is 15.2 Å². The van der Waals surface area contributed by atoms with Gasteiger partial charge in [-0.05, 0) is 43.2 Å². The number of pyridine rings is 1. The minimum absolute atomic E-state index is 0.0316. The number of hydrogen-bond acceptors (Lipinski definition) is 3. The Kier molecular flexibility index (Phi) is 4.88. The molecule has 2 heterocycles. The maximum atomic E-state index is 13.3. The molecule has 1 saturated heterocycles. The van der Waals surface area contributed by atoms with Crippen molar-refractivity contribution in [1.29, 1.82) is 0 Å². The normalized spacial score (nSPS) is 16.8. The molecule has 0 aliphatic carbocycles. The summed E-state index contributed by atoms with van der Waals surface area (Å²) in [5, 5.41) is 2.74. The lowest BCUT2D eigenvalue weighted by Gasteiger charge is -2.17. The van der Waals surface area contributed by atoms with Gasteiger partial charge in [-0.2, -0.15) is 0 Å². The maximum absolute atomic E-state index is 13.3. The van der Waals surface area contributed by atoms with Crippen molar-refractivity contribution in [3.8, 4) is 0 Å². The first kappa shape index (κ1) is 17.8. The molecule has 1 aromatic heterocycles. The second kappa shape index (κ2) is 7.11. The fourth-order valence-electron chi connectivity index (χ4n) is 3.04. The average molecular weight is 357 g/mol. The van der Waals surface area contributed by atoms with Crippen molar-refractivity contribution < 1.29 is 14.0 Å². The first-order chi connectivity index (χ1) is 12.3. The van der Waals surface area contributed by atoms with Crippen molar-refractivity contribution >= 4 is 11.8 Å². The van der Waals surface area contributed by atoms with Crippen LogP contribution in [0.15, 0.2) is 35.1 Å². The highest BCUT2D eigenvalue weighted by Gasteiger charge is 2.31. The van der Waals surface area contributed by atoms with Crippen LogP contribution in [0.5, 0.6) is 0 Å². The predicted octanol–water partition coefficient (Wildman–Crippen LogP) is 1.66. The highest BCUT2D eigenvalue weighted by atomic mass is 19.1. The van der Waals surface area contributed by atoms with E-state index >= 15 is 0 Å². The van der Waals surface area contributed by atoms with E-state index in [0.29, 0.717) is 17.8 Å². The van der Waals surface area contributed by atoms with Crippen LogP contribution in [-0.2, 0) is 11.3 Å². The summed E-state index contributed by atoms with van der Waals surface area (Å²) < 4.78 is 13.3. The molecule has 0 bridgehead atoms. The van der Waals surface area contributed by atoms with E-state index in [0.717, 1.165) is 5.56 Å². The van der Waals surface area contributed by atoms with Gasteiger partial charge in [0.15, 0.2) is 0 Å². The van der Waals surface area contributed by atoms with Gasteiger partial charge in [0.25, 0.3) is 11.5 Å². The molecule has 0 unspecified atom stereocenters. The molecule has 0 spiro atoms. The Labute approximate surface area is 150 Å². The van der Waals surface area contributed by atoms with Gasteiger partial charge in [0.2, 0.25) is 5.91 Å². The molecule has 3 rings (SSSR count). The number of H-pyrrole nitrogens is 1. The molecule has 2 N–H and O–H groups in total. The van der Waals surface area contributed by atoms with Gasteiger partial charge in [-0.25, -0.2) is 4.39 Å². The summed E-state index contributed by atoms with van der Waals surface area (Å²) in [6.07, 6.45) is 0.157.